The Morgan fingerprint density at radius 1 is 1.23 bits per heavy atom. The normalized spacial score (nSPS) is 13.8. The van der Waals surface area contributed by atoms with Gasteiger partial charge in [-0.15, -0.1) is 0 Å². The minimum absolute atomic E-state index is 0.186. The summed E-state index contributed by atoms with van der Waals surface area (Å²) in [5.74, 6) is -0.281. The summed E-state index contributed by atoms with van der Waals surface area (Å²) in [6.45, 7) is 0.687. The fourth-order valence-electron chi connectivity index (χ4n) is 3.12. The fraction of sp³-hybridized carbons (Fsp3) is 0.286. The van der Waals surface area contributed by atoms with Gasteiger partial charge in [0, 0.05) is 24.4 Å². The zero-order valence-electron chi connectivity index (χ0n) is 16.2. The highest BCUT2D eigenvalue weighted by atomic mass is 19.4. The van der Waals surface area contributed by atoms with Crippen LogP contribution in [0.4, 0.5) is 13.2 Å². The van der Waals surface area contributed by atoms with Crippen molar-refractivity contribution in [3.05, 3.63) is 64.9 Å². The number of halogens is 3. The van der Waals surface area contributed by atoms with E-state index in [2.05, 4.69) is 10.3 Å². The summed E-state index contributed by atoms with van der Waals surface area (Å²) in [4.78, 5) is 30.2. The van der Waals surface area contributed by atoms with E-state index >= 15 is 0 Å². The number of benzene rings is 1. The summed E-state index contributed by atoms with van der Waals surface area (Å²) in [6.07, 6.45) is 0.483. The van der Waals surface area contributed by atoms with Crippen LogP contribution in [0.2, 0.25) is 0 Å². The summed E-state index contributed by atoms with van der Waals surface area (Å²) in [5, 5.41) is 2.49. The van der Waals surface area contributed by atoms with E-state index in [-0.39, 0.29) is 12.5 Å². The standard InChI is InChI=1S/C21H20F3N3O3/c1-30-20-17-13-27(11-9-15(17)8-10-25-20)19(29)12-26-18(28)7-4-14-2-5-16(6-3-14)21(22,23)24/h2-8,10H,9,11-13H2,1H3,(H,26,28)/b7-4+. The Morgan fingerprint density at radius 2 is 1.97 bits per heavy atom. The predicted octanol–water partition coefficient (Wildman–Crippen LogP) is 2.82. The molecular weight excluding hydrogens is 399 g/mol. The van der Waals surface area contributed by atoms with Crippen LogP contribution in [0.1, 0.15) is 22.3 Å². The molecule has 0 spiro atoms. The van der Waals surface area contributed by atoms with Crippen LogP contribution in [-0.4, -0.2) is 41.9 Å². The van der Waals surface area contributed by atoms with E-state index < -0.39 is 17.6 Å². The lowest BCUT2D eigenvalue weighted by atomic mass is 10.0. The van der Waals surface area contributed by atoms with E-state index in [9.17, 15) is 22.8 Å². The third-order valence-electron chi connectivity index (χ3n) is 4.74. The maximum Gasteiger partial charge on any atom is 0.416 e. The summed E-state index contributed by atoms with van der Waals surface area (Å²) >= 11 is 0. The first-order chi connectivity index (χ1) is 14.3. The number of alkyl halides is 3. The summed E-state index contributed by atoms with van der Waals surface area (Å²) in [6, 6.07) is 6.32. The number of ether oxygens (including phenoxy) is 1. The molecule has 1 aliphatic rings. The van der Waals surface area contributed by atoms with Crippen LogP contribution < -0.4 is 10.1 Å². The largest absolute Gasteiger partial charge is 0.481 e. The Hall–Kier alpha value is -3.36. The molecule has 1 aromatic carbocycles. The average molecular weight is 419 g/mol. The molecule has 0 saturated carbocycles. The first-order valence-corrected chi connectivity index (χ1v) is 9.19. The van der Waals surface area contributed by atoms with Crippen molar-refractivity contribution < 1.29 is 27.5 Å². The molecule has 2 aromatic rings. The molecule has 1 aromatic heterocycles. The number of pyridine rings is 1. The molecule has 1 aliphatic heterocycles. The van der Waals surface area contributed by atoms with Gasteiger partial charge in [0.25, 0.3) is 0 Å². The molecule has 0 aliphatic carbocycles. The Bertz CT molecular complexity index is 942. The van der Waals surface area contributed by atoms with Gasteiger partial charge in [0.2, 0.25) is 17.7 Å². The molecule has 6 nitrogen and oxygen atoms in total. The van der Waals surface area contributed by atoms with Crippen LogP contribution in [0.3, 0.4) is 0 Å². The topological polar surface area (TPSA) is 71.5 Å². The summed E-state index contributed by atoms with van der Waals surface area (Å²) < 4.78 is 42.9. The summed E-state index contributed by atoms with van der Waals surface area (Å²) in [5.41, 5.74) is 1.61. The van der Waals surface area contributed by atoms with Crippen molar-refractivity contribution in [2.24, 2.45) is 0 Å². The number of rotatable bonds is 5. The van der Waals surface area contributed by atoms with Crippen molar-refractivity contribution >= 4 is 17.9 Å². The van der Waals surface area contributed by atoms with E-state index in [4.69, 9.17) is 4.74 Å². The maximum absolute atomic E-state index is 12.6. The van der Waals surface area contributed by atoms with Crippen molar-refractivity contribution in [1.29, 1.82) is 0 Å². The number of nitrogens with zero attached hydrogens (tertiary/aromatic N) is 2. The van der Waals surface area contributed by atoms with Crippen molar-refractivity contribution in [3.8, 4) is 5.88 Å². The van der Waals surface area contributed by atoms with Gasteiger partial charge in [-0.3, -0.25) is 9.59 Å². The van der Waals surface area contributed by atoms with E-state index in [1.54, 1.807) is 11.1 Å². The van der Waals surface area contributed by atoms with Gasteiger partial charge in [-0.05, 0) is 41.8 Å². The molecule has 30 heavy (non-hydrogen) atoms. The molecule has 2 amide bonds. The average Bonchev–Trinajstić information content (AvgIpc) is 2.74. The third kappa shape index (κ3) is 5.16. The number of aromatic nitrogens is 1. The molecule has 0 radical (unpaired) electrons. The Balaban J connectivity index is 1.52. The van der Waals surface area contributed by atoms with Gasteiger partial charge in [-0.25, -0.2) is 4.98 Å². The number of nitrogens with one attached hydrogen (secondary N) is 1. The van der Waals surface area contributed by atoms with E-state index in [0.29, 0.717) is 31.0 Å². The molecule has 0 atom stereocenters. The molecule has 2 heterocycles. The minimum atomic E-state index is -4.41. The second kappa shape index (κ2) is 8.98. The van der Waals surface area contributed by atoms with Gasteiger partial charge >= 0.3 is 6.18 Å². The highest BCUT2D eigenvalue weighted by molar-refractivity contribution is 5.94. The lowest BCUT2D eigenvalue weighted by Gasteiger charge is -2.29. The molecule has 158 valence electrons. The molecule has 3 rings (SSSR count). The predicted molar refractivity (Wildman–Crippen MR) is 103 cm³/mol. The number of carbonyl (C=O) groups is 2. The van der Waals surface area contributed by atoms with E-state index in [0.717, 1.165) is 23.3 Å². The molecule has 0 unspecified atom stereocenters. The van der Waals surface area contributed by atoms with E-state index in [1.165, 1.54) is 31.4 Å². The minimum Gasteiger partial charge on any atom is -0.481 e. The van der Waals surface area contributed by atoms with Crippen LogP contribution >= 0.6 is 0 Å². The first kappa shape index (κ1) is 21.4. The number of hydrogen-bond donors (Lipinski definition) is 1. The Labute approximate surface area is 171 Å². The second-order valence-corrected chi connectivity index (χ2v) is 6.69. The lowest BCUT2D eigenvalue weighted by Crippen LogP contribution is -2.42. The van der Waals surface area contributed by atoms with E-state index in [1.807, 2.05) is 6.07 Å². The zero-order valence-corrected chi connectivity index (χ0v) is 16.2. The molecular formula is C21H20F3N3O3. The van der Waals surface area contributed by atoms with Gasteiger partial charge in [-0.2, -0.15) is 13.2 Å². The van der Waals surface area contributed by atoms with Crippen LogP contribution in [0.5, 0.6) is 5.88 Å². The molecule has 1 N–H and O–H groups in total. The smallest absolute Gasteiger partial charge is 0.416 e. The summed E-state index contributed by atoms with van der Waals surface area (Å²) in [7, 11) is 1.52. The van der Waals surface area contributed by atoms with Crippen LogP contribution in [-0.2, 0) is 28.7 Å². The quantitative estimate of drug-likeness (QED) is 0.757. The maximum atomic E-state index is 12.6. The van der Waals surface area contributed by atoms with Crippen molar-refractivity contribution in [2.75, 3.05) is 20.2 Å². The molecule has 0 fully saturated rings. The van der Waals surface area contributed by atoms with Crippen molar-refractivity contribution in [2.45, 2.75) is 19.1 Å². The van der Waals surface area contributed by atoms with Gasteiger partial charge in [-0.1, -0.05) is 12.1 Å². The number of methoxy groups -OCH3 is 1. The fourth-order valence-corrected chi connectivity index (χ4v) is 3.12. The number of hydrogen-bond acceptors (Lipinski definition) is 4. The Kier molecular flexibility index (Phi) is 6.39. The SMILES string of the molecule is COc1nccc2c1CN(C(=O)CNC(=O)/C=C/c1ccc(C(F)(F)F)cc1)CC2. The van der Waals surface area contributed by atoms with Crippen LogP contribution in [0, 0.1) is 0 Å². The number of fused-ring (bicyclic) bond motifs is 1. The van der Waals surface area contributed by atoms with Gasteiger partial charge in [0.05, 0.1) is 25.8 Å². The first-order valence-electron chi connectivity index (χ1n) is 9.19. The van der Waals surface area contributed by atoms with Crippen LogP contribution in [0.25, 0.3) is 6.08 Å². The van der Waals surface area contributed by atoms with Crippen molar-refractivity contribution in [1.82, 2.24) is 15.2 Å². The highest BCUT2D eigenvalue weighted by Crippen LogP contribution is 2.29. The number of carbonyl (C=O) groups excluding carboxylic acids is 2. The highest BCUT2D eigenvalue weighted by Gasteiger charge is 2.29. The lowest BCUT2D eigenvalue weighted by molar-refractivity contribution is -0.137. The van der Waals surface area contributed by atoms with Crippen LogP contribution in [0.15, 0.2) is 42.6 Å². The van der Waals surface area contributed by atoms with Crippen molar-refractivity contribution in [3.63, 3.8) is 0 Å². The molecule has 0 bridgehead atoms. The van der Waals surface area contributed by atoms with Gasteiger partial charge < -0.3 is 15.0 Å². The Morgan fingerprint density at radius 3 is 2.63 bits per heavy atom. The molecule has 9 heteroatoms. The third-order valence-corrected chi connectivity index (χ3v) is 4.74. The molecule has 0 saturated heterocycles. The zero-order chi connectivity index (χ0) is 21.7. The monoisotopic (exact) mass is 419 g/mol. The van der Waals surface area contributed by atoms with Gasteiger partial charge in [0.1, 0.15) is 0 Å². The number of amides is 2. The second-order valence-electron chi connectivity index (χ2n) is 6.69. The van der Waals surface area contributed by atoms with Gasteiger partial charge in [0.15, 0.2) is 0 Å².